The largest absolute Gasteiger partial charge is 0.449 e. The summed E-state index contributed by atoms with van der Waals surface area (Å²) >= 11 is 5.91. The number of carbonyl (C=O) groups is 2. The Kier molecular flexibility index (Phi) is 7.65. The van der Waals surface area contributed by atoms with Gasteiger partial charge in [0.1, 0.15) is 0 Å². The maximum absolute atomic E-state index is 12.6. The van der Waals surface area contributed by atoms with Crippen molar-refractivity contribution in [3.05, 3.63) is 64.4 Å². The number of benzene rings is 2. The van der Waals surface area contributed by atoms with Gasteiger partial charge in [0.15, 0.2) is 11.5 Å². The Morgan fingerprint density at radius 2 is 1.85 bits per heavy atom. The molecule has 1 saturated heterocycles. The molecule has 2 aliphatic rings. The molecule has 4 rings (SSSR count). The van der Waals surface area contributed by atoms with Gasteiger partial charge < -0.3 is 25.2 Å². The van der Waals surface area contributed by atoms with Crippen molar-refractivity contribution in [1.82, 2.24) is 15.1 Å². The highest BCUT2D eigenvalue weighted by molar-refractivity contribution is 6.30. The van der Waals surface area contributed by atoms with Crippen LogP contribution in [-0.4, -0.2) is 67.4 Å². The number of carbonyl (C=O) groups excluding carboxylic acids is 2. The molecule has 1 fully saturated rings. The van der Waals surface area contributed by atoms with Crippen molar-refractivity contribution in [3.8, 4) is 5.75 Å². The molecule has 2 amide bonds. The van der Waals surface area contributed by atoms with E-state index in [1.807, 2.05) is 0 Å². The second-order valence-electron chi connectivity index (χ2n) is 8.21. The fourth-order valence-electron chi connectivity index (χ4n) is 3.95. The number of fused-ring (bicyclic) bond motifs is 1. The third kappa shape index (κ3) is 6.13. The van der Waals surface area contributed by atoms with E-state index in [2.05, 4.69) is 27.4 Å². The molecule has 174 valence electrons. The van der Waals surface area contributed by atoms with Crippen LogP contribution in [-0.2, 0) is 4.79 Å². The summed E-state index contributed by atoms with van der Waals surface area (Å²) < 4.78 is 5.77. The lowest BCUT2D eigenvalue weighted by molar-refractivity contribution is -0.115. The average molecular weight is 469 g/mol. The van der Waals surface area contributed by atoms with Crippen molar-refractivity contribution in [2.45, 2.75) is 13.3 Å². The molecule has 2 aliphatic heterocycles. The molecule has 7 nitrogen and oxygen atoms in total. The fourth-order valence-corrected chi connectivity index (χ4v) is 4.07. The van der Waals surface area contributed by atoms with Gasteiger partial charge in [0.2, 0.25) is 0 Å². The summed E-state index contributed by atoms with van der Waals surface area (Å²) in [5.41, 5.74) is 1.77. The van der Waals surface area contributed by atoms with E-state index in [9.17, 15) is 9.59 Å². The SMILES string of the molecule is CCN1CCN(CCCNC(=O)c2ccc3c(c2)NC(=O)C(=Cc2ccc(Cl)cc2)O3)CC1. The Balaban J connectivity index is 1.29. The molecular weight excluding hydrogens is 440 g/mol. The number of piperazine rings is 1. The molecule has 0 aliphatic carbocycles. The van der Waals surface area contributed by atoms with E-state index in [-0.39, 0.29) is 17.6 Å². The Bertz CT molecular complexity index is 1030. The van der Waals surface area contributed by atoms with E-state index in [1.54, 1.807) is 48.5 Å². The van der Waals surface area contributed by atoms with E-state index >= 15 is 0 Å². The number of halogens is 1. The van der Waals surface area contributed by atoms with E-state index in [0.29, 0.717) is 28.6 Å². The first kappa shape index (κ1) is 23.3. The van der Waals surface area contributed by atoms with Crippen LogP contribution in [0, 0.1) is 0 Å². The van der Waals surface area contributed by atoms with Gasteiger partial charge in [-0.3, -0.25) is 9.59 Å². The van der Waals surface area contributed by atoms with E-state index in [0.717, 1.165) is 51.3 Å². The van der Waals surface area contributed by atoms with Crippen LogP contribution in [0.4, 0.5) is 5.69 Å². The maximum Gasteiger partial charge on any atom is 0.291 e. The van der Waals surface area contributed by atoms with Crippen molar-refractivity contribution in [2.24, 2.45) is 0 Å². The second-order valence-corrected chi connectivity index (χ2v) is 8.65. The van der Waals surface area contributed by atoms with Crippen LogP contribution in [0.15, 0.2) is 48.2 Å². The number of nitrogens with one attached hydrogen (secondary N) is 2. The number of nitrogens with zero attached hydrogens (tertiary/aromatic N) is 2. The zero-order chi connectivity index (χ0) is 23.2. The minimum atomic E-state index is -0.363. The fraction of sp³-hybridized carbons (Fsp3) is 0.360. The van der Waals surface area contributed by atoms with Gasteiger partial charge in [-0.2, -0.15) is 0 Å². The molecular formula is C25H29ClN4O3. The van der Waals surface area contributed by atoms with Gasteiger partial charge in [-0.15, -0.1) is 0 Å². The van der Waals surface area contributed by atoms with Crippen molar-refractivity contribution in [1.29, 1.82) is 0 Å². The van der Waals surface area contributed by atoms with Crippen molar-refractivity contribution in [3.63, 3.8) is 0 Å². The van der Waals surface area contributed by atoms with Crippen LogP contribution < -0.4 is 15.4 Å². The van der Waals surface area contributed by atoms with Gasteiger partial charge in [-0.25, -0.2) is 0 Å². The average Bonchev–Trinajstić information content (AvgIpc) is 2.83. The topological polar surface area (TPSA) is 73.9 Å². The first-order valence-corrected chi connectivity index (χ1v) is 11.7. The molecule has 0 radical (unpaired) electrons. The Labute approximate surface area is 199 Å². The number of rotatable bonds is 7. The van der Waals surface area contributed by atoms with Crippen LogP contribution in [0.3, 0.4) is 0 Å². The third-order valence-corrected chi connectivity index (χ3v) is 6.20. The first-order valence-electron chi connectivity index (χ1n) is 11.4. The van der Waals surface area contributed by atoms with E-state index < -0.39 is 0 Å². The Morgan fingerprint density at radius 1 is 1.12 bits per heavy atom. The highest BCUT2D eigenvalue weighted by Crippen LogP contribution is 2.32. The predicted octanol–water partition coefficient (Wildman–Crippen LogP) is 3.47. The standard InChI is InChI=1S/C25H29ClN4O3/c1-2-29-12-14-30(15-13-29)11-3-10-27-24(31)19-6-9-22-21(17-19)28-25(32)23(33-22)16-18-4-7-20(26)8-5-18/h4-9,16-17H,2-3,10-15H2,1H3,(H,27,31)(H,28,32). The van der Waals surface area contributed by atoms with Gasteiger partial charge in [0, 0.05) is 43.3 Å². The normalized spacial score (nSPS) is 17.9. The lowest BCUT2D eigenvalue weighted by atomic mass is 10.1. The van der Waals surface area contributed by atoms with Crippen LogP contribution in [0.5, 0.6) is 5.75 Å². The number of anilines is 1. The van der Waals surface area contributed by atoms with E-state index in [1.165, 1.54) is 0 Å². The van der Waals surface area contributed by atoms with Gasteiger partial charge in [-0.1, -0.05) is 30.7 Å². The summed E-state index contributed by atoms with van der Waals surface area (Å²) in [4.78, 5) is 29.9. The molecule has 0 spiro atoms. The highest BCUT2D eigenvalue weighted by Gasteiger charge is 2.23. The molecule has 0 atom stereocenters. The van der Waals surface area contributed by atoms with Crippen molar-refractivity contribution >= 4 is 35.2 Å². The predicted molar refractivity (Wildman–Crippen MR) is 131 cm³/mol. The summed E-state index contributed by atoms with van der Waals surface area (Å²) in [5, 5.41) is 6.40. The molecule has 0 bridgehead atoms. The second kappa shape index (κ2) is 10.8. The van der Waals surface area contributed by atoms with Crippen molar-refractivity contribution in [2.75, 3.05) is 51.1 Å². The van der Waals surface area contributed by atoms with Gasteiger partial charge in [0.25, 0.3) is 11.8 Å². The molecule has 2 aromatic rings. The Morgan fingerprint density at radius 3 is 2.58 bits per heavy atom. The molecule has 2 aromatic carbocycles. The minimum absolute atomic E-state index is 0.162. The molecule has 2 heterocycles. The summed E-state index contributed by atoms with van der Waals surface area (Å²) in [5.74, 6) is 0.155. The zero-order valence-corrected chi connectivity index (χ0v) is 19.5. The first-order chi connectivity index (χ1) is 16.0. The molecule has 0 aromatic heterocycles. The molecule has 0 unspecified atom stereocenters. The smallest absolute Gasteiger partial charge is 0.291 e. The highest BCUT2D eigenvalue weighted by atomic mass is 35.5. The quantitative estimate of drug-likeness (QED) is 0.481. The zero-order valence-electron chi connectivity index (χ0n) is 18.8. The third-order valence-electron chi connectivity index (χ3n) is 5.95. The molecule has 0 saturated carbocycles. The summed E-state index contributed by atoms with van der Waals surface area (Å²) in [6.07, 6.45) is 2.55. The monoisotopic (exact) mass is 468 g/mol. The molecule has 33 heavy (non-hydrogen) atoms. The van der Waals surface area contributed by atoms with Gasteiger partial charge >= 0.3 is 0 Å². The van der Waals surface area contributed by atoms with E-state index in [4.69, 9.17) is 16.3 Å². The summed E-state index contributed by atoms with van der Waals surface area (Å²) in [6, 6.07) is 12.2. The van der Waals surface area contributed by atoms with Crippen LogP contribution in [0.1, 0.15) is 29.3 Å². The molecule has 8 heteroatoms. The number of hydrogen-bond donors (Lipinski definition) is 2. The number of likely N-dealkylation sites (N-methyl/N-ethyl adjacent to an activating group) is 1. The van der Waals surface area contributed by atoms with Crippen molar-refractivity contribution < 1.29 is 14.3 Å². The van der Waals surface area contributed by atoms with Crippen LogP contribution in [0.25, 0.3) is 6.08 Å². The number of ether oxygens (including phenoxy) is 1. The van der Waals surface area contributed by atoms with Gasteiger partial charge in [-0.05, 0) is 61.5 Å². The van der Waals surface area contributed by atoms with Crippen LogP contribution in [0.2, 0.25) is 5.02 Å². The minimum Gasteiger partial charge on any atom is -0.449 e. The summed E-state index contributed by atoms with van der Waals surface area (Å²) in [7, 11) is 0. The summed E-state index contributed by atoms with van der Waals surface area (Å²) in [6.45, 7) is 9.29. The maximum atomic E-state index is 12.6. The number of hydrogen-bond acceptors (Lipinski definition) is 5. The van der Waals surface area contributed by atoms with Gasteiger partial charge in [0.05, 0.1) is 5.69 Å². The number of amides is 2. The Hall–Kier alpha value is -2.87. The van der Waals surface area contributed by atoms with Crippen LogP contribution >= 0.6 is 11.6 Å². The lowest BCUT2D eigenvalue weighted by Gasteiger charge is -2.33. The lowest BCUT2D eigenvalue weighted by Crippen LogP contribution is -2.46. The molecule has 2 N–H and O–H groups in total.